The summed E-state index contributed by atoms with van der Waals surface area (Å²) in [6.07, 6.45) is 1.82. The molecule has 11 heavy (non-hydrogen) atoms. The third-order valence-electron chi connectivity index (χ3n) is 1.64. The summed E-state index contributed by atoms with van der Waals surface area (Å²) < 4.78 is 2.96. The van der Waals surface area contributed by atoms with Gasteiger partial charge in [-0.05, 0) is 18.2 Å². The van der Waals surface area contributed by atoms with Crippen molar-refractivity contribution in [2.75, 3.05) is 0 Å². The Bertz CT molecular complexity index is 367. The van der Waals surface area contributed by atoms with Crippen molar-refractivity contribution in [2.24, 2.45) is 0 Å². The Labute approximate surface area is 78.4 Å². The van der Waals surface area contributed by atoms with Crippen LogP contribution in [0.2, 0.25) is 0 Å². The molecule has 0 spiro atoms. The molecule has 2 aromatic rings. The zero-order chi connectivity index (χ0) is 7.68. The summed E-state index contributed by atoms with van der Waals surface area (Å²) in [4.78, 5) is 0. The van der Waals surface area contributed by atoms with Crippen molar-refractivity contribution < 1.29 is 0 Å². The molecule has 0 saturated carbocycles. The van der Waals surface area contributed by atoms with E-state index in [1.54, 1.807) is 0 Å². The van der Waals surface area contributed by atoms with Crippen LogP contribution in [0.4, 0.5) is 0 Å². The van der Waals surface area contributed by atoms with Crippen molar-refractivity contribution in [3.05, 3.63) is 36.2 Å². The molecule has 2 aromatic heterocycles. The first-order valence-corrected chi connectivity index (χ1v) is 4.92. The van der Waals surface area contributed by atoms with Crippen molar-refractivity contribution in [1.29, 1.82) is 0 Å². The lowest BCUT2D eigenvalue weighted by molar-refractivity contribution is 0.912. The smallest absolute Gasteiger partial charge is 0.0665 e. The van der Waals surface area contributed by atoms with Gasteiger partial charge in [-0.2, -0.15) is 5.10 Å². The molecule has 0 aliphatic carbocycles. The lowest BCUT2D eigenvalue weighted by Gasteiger charge is -1.98. The molecule has 2 heterocycles. The molecule has 0 N–H and O–H groups in total. The zero-order valence-electron chi connectivity index (χ0n) is 5.87. The van der Waals surface area contributed by atoms with Crippen LogP contribution in [0.25, 0.3) is 5.52 Å². The highest BCUT2D eigenvalue weighted by atomic mass is 127. The SMILES string of the molecule is ICc1cccc2ccnn12. The fraction of sp³-hybridized carbons (Fsp3) is 0.125. The fourth-order valence-electron chi connectivity index (χ4n) is 1.11. The Morgan fingerprint density at radius 1 is 1.36 bits per heavy atom. The first-order chi connectivity index (χ1) is 5.42. The molecule has 0 saturated heterocycles. The summed E-state index contributed by atoms with van der Waals surface area (Å²) in [7, 11) is 0. The quantitative estimate of drug-likeness (QED) is 0.566. The number of aromatic nitrogens is 2. The summed E-state index contributed by atoms with van der Waals surface area (Å²) in [5.41, 5.74) is 2.41. The van der Waals surface area contributed by atoms with Gasteiger partial charge in [0.25, 0.3) is 0 Å². The van der Waals surface area contributed by atoms with Gasteiger partial charge in [0.15, 0.2) is 0 Å². The summed E-state index contributed by atoms with van der Waals surface area (Å²) in [5, 5.41) is 4.20. The van der Waals surface area contributed by atoms with Gasteiger partial charge in [0.1, 0.15) is 0 Å². The van der Waals surface area contributed by atoms with E-state index in [9.17, 15) is 0 Å². The molecule has 0 fully saturated rings. The van der Waals surface area contributed by atoms with Crippen molar-refractivity contribution in [2.45, 2.75) is 4.43 Å². The van der Waals surface area contributed by atoms with Gasteiger partial charge in [0.05, 0.1) is 11.2 Å². The molecule has 0 radical (unpaired) electrons. The Hall–Kier alpha value is -0.580. The Kier molecular flexibility index (Phi) is 1.81. The predicted octanol–water partition coefficient (Wildman–Crippen LogP) is 2.27. The maximum atomic E-state index is 4.20. The minimum atomic E-state index is 0.997. The topological polar surface area (TPSA) is 17.3 Å². The zero-order valence-corrected chi connectivity index (χ0v) is 8.02. The number of nitrogens with zero attached hydrogens (tertiary/aromatic N) is 2. The van der Waals surface area contributed by atoms with E-state index < -0.39 is 0 Å². The Morgan fingerprint density at radius 3 is 3.09 bits per heavy atom. The highest BCUT2D eigenvalue weighted by molar-refractivity contribution is 14.1. The van der Waals surface area contributed by atoms with Gasteiger partial charge >= 0.3 is 0 Å². The van der Waals surface area contributed by atoms with Gasteiger partial charge in [-0.3, -0.25) is 0 Å². The van der Waals surface area contributed by atoms with E-state index in [1.807, 2.05) is 16.8 Å². The van der Waals surface area contributed by atoms with Crippen LogP contribution in [0.15, 0.2) is 30.5 Å². The molecule has 2 nitrogen and oxygen atoms in total. The van der Waals surface area contributed by atoms with E-state index in [1.165, 1.54) is 11.2 Å². The third kappa shape index (κ3) is 1.13. The van der Waals surface area contributed by atoms with Crippen LogP contribution in [0.1, 0.15) is 5.69 Å². The molecule has 2 rings (SSSR count). The third-order valence-corrected chi connectivity index (χ3v) is 2.42. The number of hydrogen-bond acceptors (Lipinski definition) is 1. The summed E-state index contributed by atoms with van der Waals surface area (Å²) in [6, 6.07) is 8.22. The van der Waals surface area contributed by atoms with E-state index >= 15 is 0 Å². The Morgan fingerprint density at radius 2 is 2.27 bits per heavy atom. The van der Waals surface area contributed by atoms with Crippen molar-refractivity contribution in [3.8, 4) is 0 Å². The number of pyridine rings is 1. The lowest BCUT2D eigenvalue weighted by Crippen LogP contribution is -1.93. The fourth-order valence-corrected chi connectivity index (χ4v) is 1.69. The summed E-state index contributed by atoms with van der Waals surface area (Å²) in [5.74, 6) is 0. The number of halogens is 1. The van der Waals surface area contributed by atoms with E-state index in [0.717, 1.165) is 4.43 Å². The van der Waals surface area contributed by atoms with Gasteiger partial charge in [-0.1, -0.05) is 28.7 Å². The van der Waals surface area contributed by atoms with Crippen LogP contribution in [-0.2, 0) is 4.43 Å². The first kappa shape index (κ1) is 7.09. The molecule has 0 atom stereocenters. The molecule has 0 aromatic carbocycles. The lowest BCUT2D eigenvalue weighted by atomic mass is 10.3. The van der Waals surface area contributed by atoms with E-state index in [2.05, 4.69) is 45.9 Å². The standard InChI is InChI=1S/C8H7IN2/c9-6-8-3-1-2-7-4-5-10-11(7)8/h1-5H,6H2. The average molecular weight is 258 g/mol. The summed E-state index contributed by atoms with van der Waals surface area (Å²) >= 11 is 2.34. The molecular formula is C8H7IN2. The largest absolute Gasteiger partial charge is 0.237 e. The molecular weight excluding hydrogens is 251 g/mol. The van der Waals surface area contributed by atoms with Crippen LogP contribution in [0, 0.1) is 0 Å². The highest BCUT2D eigenvalue weighted by Crippen LogP contribution is 2.08. The maximum absolute atomic E-state index is 4.20. The normalized spacial score (nSPS) is 10.6. The Balaban J connectivity index is 2.79. The van der Waals surface area contributed by atoms with E-state index in [0.29, 0.717) is 0 Å². The molecule has 3 heteroatoms. The monoisotopic (exact) mass is 258 g/mol. The van der Waals surface area contributed by atoms with Crippen molar-refractivity contribution >= 4 is 28.1 Å². The number of rotatable bonds is 1. The second-order valence-corrected chi connectivity index (χ2v) is 3.08. The van der Waals surface area contributed by atoms with Gasteiger partial charge < -0.3 is 0 Å². The van der Waals surface area contributed by atoms with Crippen LogP contribution in [-0.4, -0.2) is 9.61 Å². The van der Waals surface area contributed by atoms with Gasteiger partial charge in [0, 0.05) is 10.6 Å². The molecule has 0 unspecified atom stereocenters. The van der Waals surface area contributed by atoms with Crippen molar-refractivity contribution in [1.82, 2.24) is 9.61 Å². The predicted molar refractivity (Wildman–Crippen MR) is 52.9 cm³/mol. The van der Waals surface area contributed by atoms with E-state index in [4.69, 9.17) is 0 Å². The molecule has 0 aliphatic heterocycles. The van der Waals surface area contributed by atoms with Crippen LogP contribution in [0.5, 0.6) is 0 Å². The molecule has 0 amide bonds. The highest BCUT2D eigenvalue weighted by Gasteiger charge is 1.96. The molecule has 0 bridgehead atoms. The number of alkyl halides is 1. The van der Waals surface area contributed by atoms with Gasteiger partial charge in [-0.25, -0.2) is 4.52 Å². The molecule has 56 valence electrons. The number of fused-ring (bicyclic) bond motifs is 1. The minimum absolute atomic E-state index is 0.997. The average Bonchev–Trinajstić information content (AvgIpc) is 2.50. The minimum Gasteiger partial charge on any atom is -0.237 e. The van der Waals surface area contributed by atoms with Crippen LogP contribution < -0.4 is 0 Å². The van der Waals surface area contributed by atoms with E-state index in [-0.39, 0.29) is 0 Å². The maximum Gasteiger partial charge on any atom is 0.0665 e. The van der Waals surface area contributed by atoms with Crippen LogP contribution >= 0.6 is 22.6 Å². The van der Waals surface area contributed by atoms with Gasteiger partial charge in [-0.15, -0.1) is 0 Å². The first-order valence-electron chi connectivity index (χ1n) is 3.39. The summed E-state index contributed by atoms with van der Waals surface area (Å²) in [6.45, 7) is 0. The van der Waals surface area contributed by atoms with Crippen molar-refractivity contribution in [3.63, 3.8) is 0 Å². The second-order valence-electron chi connectivity index (χ2n) is 2.32. The van der Waals surface area contributed by atoms with Gasteiger partial charge in [0.2, 0.25) is 0 Å². The second kappa shape index (κ2) is 2.81. The molecule has 0 aliphatic rings. The van der Waals surface area contributed by atoms with Crippen LogP contribution in [0.3, 0.4) is 0 Å². The number of hydrogen-bond donors (Lipinski definition) is 0.